The molecule has 0 spiro atoms. The predicted octanol–water partition coefficient (Wildman–Crippen LogP) is 1.13. The molecule has 118 valence electrons. The van der Waals surface area contributed by atoms with Crippen LogP contribution in [0.2, 0.25) is 0 Å². The molecular weight excluding hydrogens is 301 g/mol. The minimum atomic E-state index is -4.02. The van der Waals surface area contributed by atoms with Crippen molar-refractivity contribution in [2.24, 2.45) is 5.92 Å². The summed E-state index contributed by atoms with van der Waals surface area (Å²) in [6.45, 7) is 3.03. The number of hydrogen-bond acceptors (Lipinski definition) is 4. The molecule has 0 amide bonds. The third kappa shape index (κ3) is 4.48. The molecule has 3 N–H and O–H groups in total. The summed E-state index contributed by atoms with van der Waals surface area (Å²) in [6.07, 6.45) is 0.422. The smallest absolute Gasteiger partial charge is 0.335 e. The summed E-state index contributed by atoms with van der Waals surface area (Å²) in [5, 5.41) is 17.6. The van der Waals surface area contributed by atoms with Crippen LogP contribution in [-0.2, 0) is 10.0 Å². The van der Waals surface area contributed by atoms with Crippen molar-refractivity contribution in [1.29, 1.82) is 0 Å². The van der Waals surface area contributed by atoms with Gasteiger partial charge < -0.3 is 10.2 Å². The SMILES string of the molecule is Cc1c(F)cc(C(=O)O)cc1S(=O)(=O)NCC(C)CCO. The molecule has 6 nitrogen and oxygen atoms in total. The lowest BCUT2D eigenvalue weighted by atomic mass is 10.1. The summed E-state index contributed by atoms with van der Waals surface area (Å²) in [5.74, 6) is -2.39. The first kappa shape index (κ1) is 17.5. The summed E-state index contributed by atoms with van der Waals surface area (Å²) in [5.41, 5.74) is -0.566. The van der Waals surface area contributed by atoms with Crippen molar-refractivity contribution >= 4 is 16.0 Å². The highest BCUT2D eigenvalue weighted by atomic mass is 32.2. The van der Waals surface area contributed by atoms with Crippen molar-refractivity contribution < 1.29 is 27.8 Å². The number of rotatable bonds is 7. The zero-order chi connectivity index (χ0) is 16.2. The summed E-state index contributed by atoms with van der Waals surface area (Å²) >= 11 is 0. The largest absolute Gasteiger partial charge is 0.478 e. The van der Waals surface area contributed by atoms with Gasteiger partial charge in [0.2, 0.25) is 10.0 Å². The lowest BCUT2D eigenvalue weighted by molar-refractivity contribution is 0.0696. The fourth-order valence-electron chi connectivity index (χ4n) is 1.71. The fourth-order valence-corrected chi connectivity index (χ4v) is 3.15. The number of halogens is 1. The van der Waals surface area contributed by atoms with Crippen molar-refractivity contribution in [2.75, 3.05) is 13.2 Å². The Morgan fingerprint density at radius 2 is 2.05 bits per heavy atom. The van der Waals surface area contributed by atoms with E-state index in [4.69, 9.17) is 10.2 Å². The number of hydrogen-bond donors (Lipinski definition) is 3. The van der Waals surface area contributed by atoms with E-state index < -0.39 is 32.3 Å². The molecular formula is C13H18FNO5S. The highest BCUT2D eigenvalue weighted by Gasteiger charge is 2.22. The summed E-state index contributed by atoms with van der Waals surface area (Å²) < 4.78 is 40.3. The first-order valence-corrected chi connectivity index (χ1v) is 7.81. The highest BCUT2D eigenvalue weighted by Crippen LogP contribution is 2.21. The molecule has 0 saturated heterocycles. The van der Waals surface area contributed by atoms with Gasteiger partial charge in [0, 0.05) is 18.7 Å². The maximum absolute atomic E-state index is 13.7. The van der Waals surface area contributed by atoms with E-state index in [1.807, 2.05) is 0 Å². The molecule has 0 fully saturated rings. The number of nitrogens with one attached hydrogen (secondary N) is 1. The standard InChI is InChI=1S/C13H18FNO5S/c1-8(3-4-16)7-15-21(19,20)12-6-10(13(17)18)5-11(14)9(12)2/h5-6,8,15-16H,3-4,7H2,1-2H3,(H,17,18). The van der Waals surface area contributed by atoms with Crippen LogP contribution in [0.1, 0.15) is 29.3 Å². The third-order valence-corrected chi connectivity index (χ3v) is 4.63. The van der Waals surface area contributed by atoms with E-state index in [2.05, 4.69) is 4.72 Å². The second-order valence-corrected chi connectivity index (χ2v) is 6.59. The van der Waals surface area contributed by atoms with Gasteiger partial charge in [-0.05, 0) is 31.4 Å². The molecule has 8 heteroatoms. The van der Waals surface area contributed by atoms with Crippen LogP contribution in [0, 0.1) is 18.7 Å². The number of carbonyl (C=O) groups is 1. The van der Waals surface area contributed by atoms with Crippen molar-refractivity contribution in [3.63, 3.8) is 0 Å². The molecule has 0 aliphatic rings. The Balaban J connectivity index is 3.10. The number of sulfonamides is 1. The Labute approximate surface area is 122 Å². The monoisotopic (exact) mass is 319 g/mol. The van der Waals surface area contributed by atoms with Crippen molar-refractivity contribution in [3.05, 3.63) is 29.1 Å². The molecule has 0 aliphatic carbocycles. The number of carboxylic acids is 1. The molecule has 0 saturated carbocycles. The predicted molar refractivity (Wildman–Crippen MR) is 74.2 cm³/mol. The molecule has 0 radical (unpaired) electrons. The van der Waals surface area contributed by atoms with Crippen LogP contribution >= 0.6 is 0 Å². The first-order chi connectivity index (χ1) is 9.69. The van der Waals surface area contributed by atoms with Gasteiger partial charge in [-0.25, -0.2) is 22.3 Å². The van der Waals surface area contributed by atoms with Crippen molar-refractivity contribution in [2.45, 2.75) is 25.2 Å². The fraction of sp³-hybridized carbons (Fsp3) is 0.462. The van der Waals surface area contributed by atoms with Gasteiger partial charge in [0.25, 0.3) is 0 Å². The van der Waals surface area contributed by atoms with Crippen LogP contribution < -0.4 is 4.72 Å². The normalized spacial score (nSPS) is 13.1. The summed E-state index contributed by atoms with van der Waals surface area (Å²) in [4.78, 5) is 10.5. The third-order valence-electron chi connectivity index (χ3n) is 3.08. The van der Waals surface area contributed by atoms with E-state index in [1.165, 1.54) is 6.92 Å². The van der Waals surface area contributed by atoms with E-state index >= 15 is 0 Å². The average Bonchev–Trinajstić information content (AvgIpc) is 2.39. The maximum atomic E-state index is 13.7. The summed E-state index contributed by atoms with van der Waals surface area (Å²) in [7, 11) is -4.02. The van der Waals surface area contributed by atoms with E-state index in [1.54, 1.807) is 6.92 Å². The molecule has 0 bridgehead atoms. The molecule has 21 heavy (non-hydrogen) atoms. The van der Waals surface area contributed by atoms with Crippen LogP contribution in [0.3, 0.4) is 0 Å². The zero-order valence-electron chi connectivity index (χ0n) is 11.8. The molecule has 1 rings (SSSR count). The quantitative estimate of drug-likeness (QED) is 0.699. The summed E-state index contributed by atoms with van der Waals surface area (Å²) in [6, 6.07) is 1.71. The van der Waals surface area contributed by atoms with Crippen LogP contribution in [0.15, 0.2) is 17.0 Å². The van der Waals surface area contributed by atoms with Gasteiger partial charge in [-0.1, -0.05) is 6.92 Å². The van der Waals surface area contributed by atoms with Crippen LogP contribution in [0.5, 0.6) is 0 Å². The van der Waals surface area contributed by atoms with Gasteiger partial charge in [0.15, 0.2) is 0 Å². The molecule has 0 aliphatic heterocycles. The first-order valence-electron chi connectivity index (χ1n) is 6.33. The second kappa shape index (κ2) is 6.97. The van der Waals surface area contributed by atoms with Gasteiger partial charge >= 0.3 is 5.97 Å². The van der Waals surface area contributed by atoms with E-state index in [0.717, 1.165) is 12.1 Å². The molecule has 1 aromatic carbocycles. The number of aromatic carboxylic acids is 1. The molecule has 0 heterocycles. The van der Waals surface area contributed by atoms with Gasteiger partial charge in [0.1, 0.15) is 5.82 Å². The molecule has 1 aromatic rings. The van der Waals surface area contributed by atoms with E-state index in [9.17, 15) is 17.6 Å². The highest BCUT2D eigenvalue weighted by molar-refractivity contribution is 7.89. The van der Waals surface area contributed by atoms with Gasteiger partial charge in [0.05, 0.1) is 10.5 Å². The van der Waals surface area contributed by atoms with E-state index in [0.29, 0.717) is 6.42 Å². The maximum Gasteiger partial charge on any atom is 0.335 e. The minimum Gasteiger partial charge on any atom is -0.478 e. The average molecular weight is 319 g/mol. The Morgan fingerprint density at radius 1 is 1.43 bits per heavy atom. The number of benzene rings is 1. The topological polar surface area (TPSA) is 104 Å². The Bertz CT molecular complexity index is 630. The van der Waals surface area contributed by atoms with Crippen LogP contribution in [0.4, 0.5) is 4.39 Å². The number of carboxylic acid groups (broad SMARTS) is 1. The second-order valence-electron chi connectivity index (χ2n) is 4.86. The number of aliphatic hydroxyl groups excluding tert-OH is 1. The van der Waals surface area contributed by atoms with Gasteiger partial charge in [-0.15, -0.1) is 0 Å². The Hall–Kier alpha value is -1.51. The van der Waals surface area contributed by atoms with Gasteiger partial charge in [-0.3, -0.25) is 0 Å². The number of aliphatic hydroxyl groups is 1. The minimum absolute atomic E-state index is 0.0644. The van der Waals surface area contributed by atoms with Crippen molar-refractivity contribution in [3.8, 4) is 0 Å². The van der Waals surface area contributed by atoms with Crippen LogP contribution in [0.25, 0.3) is 0 Å². The lowest BCUT2D eigenvalue weighted by Gasteiger charge is -2.14. The Morgan fingerprint density at radius 3 is 2.57 bits per heavy atom. The van der Waals surface area contributed by atoms with Gasteiger partial charge in [-0.2, -0.15) is 0 Å². The lowest BCUT2D eigenvalue weighted by Crippen LogP contribution is -2.29. The van der Waals surface area contributed by atoms with Crippen LogP contribution in [-0.4, -0.2) is 37.8 Å². The molecule has 0 aromatic heterocycles. The zero-order valence-corrected chi connectivity index (χ0v) is 12.6. The molecule has 1 atom stereocenters. The molecule has 1 unspecified atom stereocenters. The van der Waals surface area contributed by atoms with Crippen molar-refractivity contribution in [1.82, 2.24) is 4.72 Å². The Kier molecular flexibility index (Phi) is 5.82. The van der Waals surface area contributed by atoms with E-state index in [-0.39, 0.29) is 24.6 Å².